The number of nitrogens with zero attached hydrogens (tertiary/aromatic N) is 2. The Hall–Kier alpha value is -1.18. The molecule has 0 bridgehead atoms. The van der Waals surface area contributed by atoms with Gasteiger partial charge in [-0.15, -0.1) is 0 Å². The second-order valence-corrected chi connectivity index (χ2v) is 7.94. The van der Waals surface area contributed by atoms with Crippen LogP contribution in [-0.2, 0) is 10.0 Å². The zero-order chi connectivity index (χ0) is 16.5. The second kappa shape index (κ2) is 6.52. The summed E-state index contributed by atoms with van der Waals surface area (Å²) in [6, 6.07) is 3.85. The highest BCUT2D eigenvalue weighted by Crippen LogP contribution is 2.26. The van der Waals surface area contributed by atoms with E-state index < -0.39 is 10.0 Å². The van der Waals surface area contributed by atoms with Crippen LogP contribution in [0.1, 0.15) is 16.7 Å². The van der Waals surface area contributed by atoms with Gasteiger partial charge >= 0.3 is 0 Å². The summed E-state index contributed by atoms with van der Waals surface area (Å²) < 4.78 is 27.5. The van der Waals surface area contributed by atoms with Crippen LogP contribution < -0.4 is 5.32 Å². The number of thiocarbonyl (C=S) groups is 1. The Labute approximate surface area is 138 Å². The summed E-state index contributed by atoms with van der Waals surface area (Å²) in [5.41, 5.74) is 2.70. The number of nitrogens with one attached hydrogen (secondary N) is 1. The van der Waals surface area contributed by atoms with E-state index in [0.717, 1.165) is 16.7 Å². The van der Waals surface area contributed by atoms with E-state index in [1.54, 1.807) is 11.4 Å². The zero-order valence-electron chi connectivity index (χ0n) is 13.5. The molecule has 1 aliphatic heterocycles. The Morgan fingerprint density at radius 2 is 1.59 bits per heavy atom. The van der Waals surface area contributed by atoms with Crippen LogP contribution in [0.3, 0.4) is 0 Å². The number of hydrogen-bond donors (Lipinski definition) is 1. The average molecular weight is 342 g/mol. The first-order valence-corrected chi connectivity index (χ1v) is 9.17. The summed E-state index contributed by atoms with van der Waals surface area (Å²) in [7, 11) is -1.67. The molecular weight excluding hydrogens is 318 g/mol. The first-order valence-electron chi connectivity index (χ1n) is 7.32. The third-order valence-electron chi connectivity index (χ3n) is 3.94. The largest absolute Gasteiger partial charge is 0.366 e. The Morgan fingerprint density at radius 3 is 2.05 bits per heavy atom. The molecule has 5 nitrogen and oxygen atoms in total. The molecule has 0 saturated carbocycles. The molecule has 1 heterocycles. The van der Waals surface area contributed by atoms with Crippen LogP contribution in [0.25, 0.3) is 0 Å². The molecule has 1 aliphatic rings. The first kappa shape index (κ1) is 17.2. The van der Waals surface area contributed by atoms with Crippen LogP contribution in [0.5, 0.6) is 0 Å². The third kappa shape index (κ3) is 3.26. The van der Waals surface area contributed by atoms with Crippen molar-refractivity contribution < 1.29 is 8.42 Å². The Kier molecular flexibility index (Phi) is 5.09. The molecule has 2 rings (SSSR count). The summed E-state index contributed by atoms with van der Waals surface area (Å²) in [5.74, 6) is 0. The van der Waals surface area contributed by atoms with Gasteiger partial charge in [0.25, 0.3) is 0 Å². The Bertz CT molecular complexity index is 655. The summed E-state index contributed by atoms with van der Waals surface area (Å²) in [6.45, 7) is 7.84. The van der Waals surface area contributed by atoms with E-state index >= 15 is 0 Å². The van der Waals surface area contributed by atoms with Crippen molar-refractivity contribution >= 4 is 27.4 Å². The van der Waals surface area contributed by atoms with Crippen molar-refractivity contribution in [3.8, 4) is 0 Å². The van der Waals surface area contributed by atoms with Crippen LogP contribution in [0.15, 0.2) is 17.0 Å². The number of aryl methyl sites for hydroxylation is 3. The predicted molar refractivity (Wildman–Crippen MR) is 92.6 cm³/mol. The van der Waals surface area contributed by atoms with Crippen LogP contribution in [0.2, 0.25) is 0 Å². The fraction of sp³-hybridized carbons (Fsp3) is 0.533. The smallest absolute Gasteiger partial charge is 0.243 e. The molecule has 0 amide bonds. The minimum absolute atomic E-state index is 0.447. The fourth-order valence-corrected chi connectivity index (χ4v) is 5.01. The minimum Gasteiger partial charge on any atom is -0.366 e. The van der Waals surface area contributed by atoms with Gasteiger partial charge in [-0.05, 0) is 44.1 Å². The van der Waals surface area contributed by atoms with Crippen molar-refractivity contribution in [3.05, 3.63) is 28.8 Å². The minimum atomic E-state index is -3.45. The highest BCUT2D eigenvalue weighted by atomic mass is 32.2. The summed E-state index contributed by atoms with van der Waals surface area (Å²) in [6.07, 6.45) is 0. The lowest BCUT2D eigenvalue weighted by atomic mass is 10.1. The molecule has 0 atom stereocenters. The molecule has 0 aliphatic carbocycles. The van der Waals surface area contributed by atoms with E-state index in [9.17, 15) is 8.42 Å². The number of benzene rings is 1. The molecule has 0 spiro atoms. The summed E-state index contributed by atoms with van der Waals surface area (Å²) in [5, 5.41) is 3.60. The van der Waals surface area contributed by atoms with Gasteiger partial charge in [0, 0.05) is 33.2 Å². The molecule has 1 fully saturated rings. The van der Waals surface area contributed by atoms with E-state index in [0.29, 0.717) is 36.2 Å². The zero-order valence-corrected chi connectivity index (χ0v) is 15.1. The molecule has 122 valence electrons. The molecule has 1 aromatic carbocycles. The van der Waals surface area contributed by atoms with Crippen molar-refractivity contribution in [1.82, 2.24) is 14.5 Å². The topological polar surface area (TPSA) is 52.6 Å². The standard InChI is InChI=1S/C15H23N3O2S2/c1-11-9-12(2)14(13(3)10-11)22(19,20)18-7-5-17(6-8-18)15(21)16-4/h9-10H,5-8H2,1-4H3,(H,16,21). The van der Waals surface area contributed by atoms with Crippen molar-refractivity contribution in [2.24, 2.45) is 0 Å². The van der Waals surface area contributed by atoms with Gasteiger partial charge in [0.2, 0.25) is 10.0 Å². The average Bonchev–Trinajstić information content (AvgIpc) is 2.45. The summed E-state index contributed by atoms with van der Waals surface area (Å²) in [4.78, 5) is 2.44. The number of rotatable bonds is 2. The van der Waals surface area contributed by atoms with Crippen molar-refractivity contribution in [3.63, 3.8) is 0 Å². The van der Waals surface area contributed by atoms with E-state index in [-0.39, 0.29) is 0 Å². The Morgan fingerprint density at radius 1 is 1.09 bits per heavy atom. The van der Waals surface area contributed by atoms with Gasteiger partial charge in [-0.2, -0.15) is 4.31 Å². The lowest BCUT2D eigenvalue weighted by Gasteiger charge is -2.35. The van der Waals surface area contributed by atoms with Crippen molar-refractivity contribution in [2.75, 3.05) is 33.2 Å². The lowest BCUT2D eigenvalue weighted by Crippen LogP contribution is -2.52. The van der Waals surface area contributed by atoms with Crippen LogP contribution in [0.4, 0.5) is 0 Å². The second-order valence-electron chi connectivity index (χ2n) is 5.67. The maximum absolute atomic E-state index is 12.9. The number of sulfonamides is 1. The normalized spacial score (nSPS) is 16.6. The van der Waals surface area contributed by atoms with Gasteiger partial charge < -0.3 is 10.2 Å². The van der Waals surface area contributed by atoms with Gasteiger partial charge in [0.15, 0.2) is 5.11 Å². The van der Waals surface area contributed by atoms with Gasteiger partial charge in [-0.3, -0.25) is 0 Å². The summed E-state index contributed by atoms with van der Waals surface area (Å²) >= 11 is 5.20. The maximum Gasteiger partial charge on any atom is 0.243 e. The molecule has 1 saturated heterocycles. The molecule has 0 radical (unpaired) electrons. The van der Waals surface area contributed by atoms with E-state index in [2.05, 4.69) is 5.32 Å². The quantitative estimate of drug-likeness (QED) is 0.825. The van der Waals surface area contributed by atoms with Crippen molar-refractivity contribution in [2.45, 2.75) is 25.7 Å². The first-order chi connectivity index (χ1) is 10.3. The molecular formula is C15H23N3O2S2. The number of piperazine rings is 1. The monoisotopic (exact) mass is 341 g/mol. The predicted octanol–water partition coefficient (Wildman–Crippen LogP) is 1.42. The van der Waals surface area contributed by atoms with Gasteiger partial charge in [-0.25, -0.2) is 8.42 Å². The highest BCUT2D eigenvalue weighted by molar-refractivity contribution is 7.89. The molecule has 0 unspecified atom stereocenters. The van der Waals surface area contributed by atoms with Crippen LogP contribution >= 0.6 is 12.2 Å². The Balaban J connectivity index is 2.25. The molecule has 7 heteroatoms. The highest BCUT2D eigenvalue weighted by Gasteiger charge is 2.31. The van der Waals surface area contributed by atoms with E-state index in [1.807, 2.05) is 37.8 Å². The van der Waals surface area contributed by atoms with Gasteiger partial charge in [-0.1, -0.05) is 17.7 Å². The van der Waals surface area contributed by atoms with Gasteiger partial charge in [0.05, 0.1) is 4.90 Å². The SMILES string of the molecule is CNC(=S)N1CCN(S(=O)(=O)c2c(C)cc(C)cc2C)CC1. The van der Waals surface area contributed by atoms with Crippen LogP contribution in [0, 0.1) is 20.8 Å². The van der Waals surface area contributed by atoms with Gasteiger partial charge in [0.1, 0.15) is 0 Å². The van der Waals surface area contributed by atoms with Crippen molar-refractivity contribution in [1.29, 1.82) is 0 Å². The number of hydrogen-bond acceptors (Lipinski definition) is 3. The lowest BCUT2D eigenvalue weighted by molar-refractivity contribution is 0.264. The molecule has 22 heavy (non-hydrogen) atoms. The molecule has 1 aromatic rings. The third-order valence-corrected chi connectivity index (χ3v) is 6.61. The maximum atomic E-state index is 12.9. The van der Waals surface area contributed by atoms with E-state index in [1.165, 1.54) is 0 Å². The molecule has 0 aromatic heterocycles. The molecule has 1 N–H and O–H groups in total. The fourth-order valence-electron chi connectivity index (χ4n) is 2.99. The van der Waals surface area contributed by atoms with Crippen LogP contribution in [-0.4, -0.2) is 56.0 Å². The van der Waals surface area contributed by atoms with E-state index in [4.69, 9.17) is 12.2 Å².